The van der Waals surface area contributed by atoms with Crippen LogP contribution < -0.4 is 0 Å². The minimum Gasteiger partial charge on any atom is -0.444 e. The van der Waals surface area contributed by atoms with Crippen molar-refractivity contribution in [2.24, 2.45) is 0 Å². The Morgan fingerprint density at radius 1 is 1.25 bits per heavy atom. The fourth-order valence-corrected chi connectivity index (χ4v) is 4.00. The highest BCUT2D eigenvalue weighted by atomic mass is 16.6. The summed E-state index contributed by atoms with van der Waals surface area (Å²) in [4.78, 5) is 14.1. The minimum atomic E-state index is -0.457. The molecule has 1 saturated heterocycles. The summed E-state index contributed by atoms with van der Waals surface area (Å²) in [5.74, 6) is 0. The number of amides is 1. The van der Waals surface area contributed by atoms with Gasteiger partial charge in [-0.1, -0.05) is 0 Å². The first kappa shape index (κ1) is 15.9. The van der Waals surface area contributed by atoms with Crippen molar-refractivity contribution in [2.45, 2.75) is 70.1 Å². The summed E-state index contributed by atoms with van der Waals surface area (Å²) in [5, 5.41) is 4.66. The molecule has 0 unspecified atom stereocenters. The van der Waals surface area contributed by atoms with Gasteiger partial charge in [0.15, 0.2) is 0 Å². The third-order valence-corrected chi connectivity index (χ3v) is 5.50. The van der Waals surface area contributed by atoms with Gasteiger partial charge in [0.25, 0.3) is 0 Å². The highest BCUT2D eigenvalue weighted by Crippen LogP contribution is 2.53. The van der Waals surface area contributed by atoms with E-state index in [4.69, 9.17) is 9.47 Å². The number of likely N-dealkylation sites (tertiary alicyclic amines) is 1. The lowest BCUT2D eigenvalue weighted by Crippen LogP contribution is -2.52. The van der Waals surface area contributed by atoms with Crippen LogP contribution in [-0.4, -0.2) is 46.1 Å². The lowest BCUT2D eigenvalue weighted by Gasteiger charge is -2.46. The van der Waals surface area contributed by atoms with Crippen molar-refractivity contribution >= 4 is 6.09 Å². The number of piperidine rings is 1. The molecule has 1 saturated carbocycles. The number of rotatable bonds is 0. The molecule has 0 atom stereocenters. The van der Waals surface area contributed by atoms with Crippen LogP contribution in [-0.2, 0) is 20.6 Å². The van der Waals surface area contributed by atoms with Crippen LogP contribution in [0.5, 0.6) is 0 Å². The Morgan fingerprint density at radius 2 is 1.92 bits per heavy atom. The van der Waals surface area contributed by atoms with E-state index < -0.39 is 5.60 Å². The summed E-state index contributed by atoms with van der Waals surface area (Å²) in [6.07, 6.45) is 5.65. The number of carbonyl (C=O) groups is 1. The van der Waals surface area contributed by atoms with Crippen LogP contribution in [0.25, 0.3) is 0 Å². The van der Waals surface area contributed by atoms with E-state index in [-0.39, 0.29) is 17.2 Å². The van der Waals surface area contributed by atoms with E-state index >= 15 is 0 Å². The zero-order chi connectivity index (χ0) is 17.2. The van der Waals surface area contributed by atoms with Gasteiger partial charge >= 0.3 is 6.09 Å². The highest BCUT2D eigenvalue weighted by Gasteiger charge is 2.56. The standard InChI is InChI=1S/C18H27N3O3/c1-13-11-19-21-14(13)18(23-12-17(21)5-6-17)7-9-20(10-8-18)15(22)24-16(2,3)4/h11H,5-10,12H2,1-4H3. The molecule has 6 nitrogen and oxygen atoms in total. The third kappa shape index (κ3) is 2.42. The SMILES string of the molecule is Cc1cnn2c1C1(CCN(C(=O)OC(C)(C)C)CC1)OCC21CC1. The Labute approximate surface area is 143 Å². The van der Waals surface area contributed by atoms with Crippen molar-refractivity contribution in [3.8, 4) is 0 Å². The van der Waals surface area contributed by atoms with Crippen molar-refractivity contribution in [3.05, 3.63) is 17.5 Å². The first-order chi connectivity index (χ1) is 11.2. The Balaban J connectivity index is 1.53. The number of hydrogen-bond donors (Lipinski definition) is 0. The van der Waals surface area contributed by atoms with Gasteiger partial charge in [-0.3, -0.25) is 4.68 Å². The number of ether oxygens (including phenoxy) is 2. The fraction of sp³-hybridized carbons (Fsp3) is 0.778. The van der Waals surface area contributed by atoms with Crippen LogP contribution >= 0.6 is 0 Å². The molecule has 4 rings (SSSR count). The van der Waals surface area contributed by atoms with Gasteiger partial charge in [0, 0.05) is 13.1 Å². The molecule has 1 amide bonds. The topological polar surface area (TPSA) is 56.6 Å². The zero-order valence-electron chi connectivity index (χ0n) is 15.1. The maximum absolute atomic E-state index is 12.3. The van der Waals surface area contributed by atoms with E-state index in [1.807, 2.05) is 27.0 Å². The molecule has 3 heterocycles. The van der Waals surface area contributed by atoms with Gasteiger partial charge in [0.1, 0.15) is 11.2 Å². The molecule has 1 aromatic rings. The Bertz CT molecular complexity index is 662. The lowest BCUT2D eigenvalue weighted by atomic mass is 9.84. The van der Waals surface area contributed by atoms with E-state index in [9.17, 15) is 4.79 Å². The summed E-state index contributed by atoms with van der Waals surface area (Å²) in [6.45, 7) is 9.88. The van der Waals surface area contributed by atoms with Gasteiger partial charge in [0.05, 0.1) is 24.0 Å². The van der Waals surface area contributed by atoms with Gasteiger partial charge in [-0.2, -0.15) is 5.10 Å². The molecule has 24 heavy (non-hydrogen) atoms. The molecule has 0 bridgehead atoms. The van der Waals surface area contributed by atoms with E-state index in [0.717, 1.165) is 32.3 Å². The Hall–Kier alpha value is -1.56. The quantitative estimate of drug-likeness (QED) is 0.732. The van der Waals surface area contributed by atoms with Gasteiger partial charge < -0.3 is 14.4 Å². The molecule has 0 N–H and O–H groups in total. The van der Waals surface area contributed by atoms with Crippen molar-refractivity contribution in [3.63, 3.8) is 0 Å². The van der Waals surface area contributed by atoms with Gasteiger partial charge in [-0.05, 0) is 58.9 Å². The van der Waals surface area contributed by atoms with E-state index in [0.29, 0.717) is 13.1 Å². The summed E-state index contributed by atoms with van der Waals surface area (Å²) < 4.78 is 14.2. The predicted octanol–water partition coefficient (Wildman–Crippen LogP) is 2.94. The van der Waals surface area contributed by atoms with Crippen LogP contribution in [0.2, 0.25) is 0 Å². The molecule has 0 radical (unpaired) electrons. The Morgan fingerprint density at radius 3 is 2.50 bits per heavy atom. The summed E-state index contributed by atoms with van der Waals surface area (Å²) in [5.41, 5.74) is 1.78. The van der Waals surface area contributed by atoms with Gasteiger partial charge in [0.2, 0.25) is 0 Å². The number of aryl methyl sites for hydroxylation is 1. The molecule has 2 fully saturated rings. The summed E-state index contributed by atoms with van der Waals surface area (Å²) in [6, 6.07) is 0. The molecule has 2 spiro atoms. The van der Waals surface area contributed by atoms with Gasteiger partial charge in [-0.25, -0.2) is 4.79 Å². The molecular weight excluding hydrogens is 306 g/mol. The number of aromatic nitrogens is 2. The Kier molecular flexibility index (Phi) is 3.30. The van der Waals surface area contributed by atoms with Crippen LogP contribution in [0.1, 0.15) is 57.7 Å². The van der Waals surface area contributed by atoms with Crippen LogP contribution in [0.3, 0.4) is 0 Å². The van der Waals surface area contributed by atoms with E-state index in [2.05, 4.69) is 16.7 Å². The van der Waals surface area contributed by atoms with Crippen molar-refractivity contribution < 1.29 is 14.3 Å². The highest BCUT2D eigenvalue weighted by molar-refractivity contribution is 5.68. The fourth-order valence-electron chi connectivity index (χ4n) is 4.00. The van der Waals surface area contributed by atoms with E-state index in [1.54, 1.807) is 4.90 Å². The summed E-state index contributed by atoms with van der Waals surface area (Å²) >= 11 is 0. The van der Waals surface area contributed by atoms with Crippen molar-refractivity contribution in [1.29, 1.82) is 0 Å². The first-order valence-electron chi connectivity index (χ1n) is 8.92. The number of nitrogens with zero attached hydrogens (tertiary/aromatic N) is 3. The van der Waals surface area contributed by atoms with Gasteiger partial charge in [-0.15, -0.1) is 0 Å². The van der Waals surface area contributed by atoms with Crippen molar-refractivity contribution in [1.82, 2.24) is 14.7 Å². The monoisotopic (exact) mass is 333 g/mol. The molecule has 1 aromatic heterocycles. The maximum atomic E-state index is 12.3. The second kappa shape index (κ2) is 4.97. The summed E-state index contributed by atoms with van der Waals surface area (Å²) in [7, 11) is 0. The molecule has 132 valence electrons. The number of fused-ring (bicyclic) bond motifs is 3. The normalized spacial score (nSPS) is 24.1. The smallest absolute Gasteiger partial charge is 0.410 e. The molecule has 6 heteroatoms. The molecule has 0 aromatic carbocycles. The second-order valence-electron chi connectivity index (χ2n) is 8.56. The molecule has 3 aliphatic rings. The van der Waals surface area contributed by atoms with E-state index in [1.165, 1.54) is 11.3 Å². The largest absolute Gasteiger partial charge is 0.444 e. The minimum absolute atomic E-state index is 0.108. The number of carbonyl (C=O) groups excluding carboxylic acids is 1. The molecule has 1 aliphatic carbocycles. The van der Waals surface area contributed by atoms with Crippen LogP contribution in [0.4, 0.5) is 4.79 Å². The second-order valence-corrected chi connectivity index (χ2v) is 8.56. The third-order valence-electron chi connectivity index (χ3n) is 5.50. The molecule has 2 aliphatic heterocycles. The maximum Gasteiger partial charge on any atom is 0.410 e. The van der Waals surface area contributed by atoms with Crippen LogP contribution in [0, 0.1) is 6.92 Å². The van der Waals surface area contributed by atoms with Crippen LogP contribution in [0.15, 0.2) is 6.20 Å². The molecular formula is C18H27N3O3. The first-order valence-corrected chi connectivity index (χ1v) is 8.92. The predicted molar refractivity (Wildman–Crippen MR) is 88.8 cm³/mol. The zero-order valence-corrected chi connectivity index (χ0v) is 15.1. The average Bonchev–Trinajstić information content (AvgIpc) is 3.17. The van der Waals surface area contributed by atoms with Crippen molar-refractivity contribution in [2.75, 3.05) is 19.7 Å². The average molecular weight is 333 g/mol. The number of hydrogen-bond acceptors (Lipinski definition) is 4. The lowest BCUT2D eigenvalue weighted by molar-refractivity contribution is -0.130.